The van der Waals surface area contributed by atoms with Gasteiger partial charge in [0.15, 0.2) is 10.7 Å². The average Bonchev–Trinajstić information content (AvgIpc) is 3.15. The number of esters is 1. The molecule has 0 atom stereocenters. The largest absolute Gasteiger partial charge is 0.462 e. The maximum Gasteiger partial charge on any atom is 0.350 e. The molecular formula is C16H14ClN3O4S2. The van der Waals surface area contributed by atoms with Crippen LogP contribution in [-0.4, -0.2) is 34.2 Å². The number of thiazole rings is 1. The first-order valence-electron chi connectivity index (χ1n) is 7.59. The molecule has 0 fully saturated rings. The molecule has 0 spiro atoms. The number of aryl methyl sites for hydroxylation is 1. The predicted octanol–water partition coefficient (Wildman–Crippen LogP) is 4.15. The Morgan fingerprint density at radius 2 is 2.19 bits per heavy atom. The van der Waals surface area contributed by atoms with Crippen molar-refractivity contribution in [2.24, 2.45) is 0 Å². The number of carbonyl (C=O) groups is 2. The summed E-state index contributed by atoms with van der Waals surface area (Å²) in [6.45, 7) is 3.70. The minimum Gasteiger partial charge on any atom is -0.462 e. The fraction of sp³-hybridized carbons (Fsp3) is 0.250. The molecule has 0 saturated heterocycles. The van der Waals surface area contributed by atoms with E-state index in [9.17, 15) is 9.59 Å². The SMILES string of the molecule is CCOC(=O)c1sc(NC(=O)CSc2nc3cc(Cl)ccc3o2)nc1C. The van der Waals surface area contributed by atoms with Gasteiger partial charge in [0.2, 0.25) is 5.91 Å². The van der Waals surface area contributed by atoms with Gasteiger partial charge in [0.1, 0.15) is 10.4 Å². The topological polar surface area (TPSA) is 94.3 Å². The first kappa shape index (κ1) is 18.7. The molecule has 1 aromatic carbocycles. The van der Waals surface area contributed by atoms with E-state index in [2.05, 4.69) is 15.3 Å². The monoisotopic (exact) mass is 411 g/mol. The summed E-state index contributed by atoms with van der Waals surface area (Å²) in [4.78, 5) is 32.7. The number of aromatic nitrogens is 2. The molecule has 136 valence electrons. The average molecular weight is 412 g/mol. The molecule has 3 aromatic rings. The number of halogens is 1. The number of amides is 1. The third-order valence-electron chi connectivity index (χ3n) is 3.16. The quantitative estimate of drug-likeness (QED) is 0.480. The molecule has 0 aliphatic heterocycles. The van der Waals surface area contributed by atoms with Crippen LogP contribution < -0.4 is 5.32 Å². The predicted molar refractivity (Wildman–Crippen MR) is 101 cm³/mol. The van der Waals surface area contributed by atoms with Crippen LogP contribution >= 0.6 is 34.7 Å². The lowest BCUT2D eigenvalue weighted by Crippen LogP contribution is -2.13. The highest BCUT2D eigenvalue weighted by molar-refractivity contribution is 7.99. The van der Waals surface area contributed by atoms with Crippen LogP contribution in [0, 0.1) is 6.92 Å². The summed E-state index contributed by atoms with van der Waals surface area (Å²) in [6, 6.07) is 5.13. The van der Waals surface area contributed by atoms with Crippen molar-refractivity contribution in [3.63, 3.8) is 0 Å². The molecule has 0 bridgehead atoms. The molecule has 0 radical (unpaired) electrons. The van der Waals surface area contributed by atoms with E-state index in [0.717, 1.165) is 23.1 Å². The molecule has 7 nitrogen and oxygen atoms in total. The van der Waals surface area contributed by atoms with Crippen LogP contribution in [0.1, 0.15) is 22.3 Å². The van der Waals surface area contributed by atoms with Gasteiger partial charge >= 0.3 is 5.97 Å². The second-order valence-corrected chi connectivity index (χ2v) is 7.44. The summed E-state index contributed by atoms with van der Waals surface area (Å²) in [5.41, 5.74) is 1.76. The van der Waals surface area contributed by atoms with E-state index >= 15 is 0 Å². The Bertz CT molecular complexity index is 970. The standard InChI is InChI=1S/C16H14ClN3O4S2/c1-3-23-14(22)13-8(2)18-15(26-13)20-12(21)7-25-16-19-10-6-9(17)4-5-11(10)24-16/h4-6H,3,7H2,1-2H3,(H,18,20,21). The first-order chi connectivity index (χ1) is 12.5. The number of hydrogen-bond acceptors (Lipinski definition) is 8. The van der Waals surface area contributed by atoms with E-state index < -0.39 is 5.97 Å². The normalized spacial score (nSPS) is 10.9. The van der Waals surface area contributed by atoms with Crippen molar-refractivity contribution in [1.29, 1.82) is 0 Å². The summed E-state index contributed by atoms with van der Waals surface area (Å²) < 4.78 is 10.5. The summed E-state index contributed by atoms with van der Waals surface area (Å²) in [5, 5.41) is 3.95. The second-order valence-electron chi connectivity index (χ2n) is 5.08. The molecule has 0 unspecified atom stereocenters. The van der Waals surface area contributed by atoms with Crippen molar-refractivity contribution in [2.75, 3.05) is 17.7 Å². The van der Waals surface area contributed by atoms with Crippen molar-refractivity contribution in [3.8, 4) is 0 Å². The van der Waals surface area contributed by atoms with Crippen LogP contribution in [0.5, 0.6) is 0 Å². The molecule has 1 amide bonds. The number of nitrogens with one attached hydrogen (secondary N) is 1. The van der Waals surface area contributed by atoms with Crippen LogP contribution in [0.15, 0.2) is 27.8 Å². The van der Waals surface area contributed by atoms with Crippen molar-refractivity contribution < 1.29 is 18.7 Å². The number of benzene rings is 1. The van der Waals surface area contributed by atoms with Gasteiger partial charge in [-0.1, -0.05) is 34.7 Å². The van der Waals surface area contributed by atoms with E-state index in [1.54, 1.807) is 32.0 Å². The van der Waals surface area contributed by atoms with Gasteiger partial charge < -0.3 is 14.5 Å². The number of hydrogen-bond donors (Lipinski definition) is 1. The highest BCUT2D eigenvalue weighted by Crippen LogP contribution is 2.27. The van der Waals surface area contributed by atoms with Gasteiger partial charge in [0.05, 0.1) is 18.1 Å². The van der Waals surface area contributed by atoms with Gasteiger partial charge in [-0.05, 0) is 32.0 Å². The third-order valence-corrected chi connectivity index (χ3v) is 5.28. The number of carbonyl (C=O) groups excluding carboxylic acids is 2. The van der Waals surface area contributed by atoms with Gasteiger partial charge in [-0.2, -0.15) is 0 Å². The highest BCUT2D eigenvalue weighted by Gasteiger charge is 2.18. The summed E-state index contributed by atoms with van der Waals surface area (Å²) in [7, 11) is 0. The molecular weight excluding hydrogens is 398 g/mol. The number of anilines is 1. The maximum atomic E-state index is 12.1. The summed E-state index contributed by atoms with van der Waals surface area (Å²) >= 11 is 8.15. The Hall–Kier alpha value is -2.10. The number of oxazole rings is 1. The Labute approximate surface area is 162 Å². The number of thioether (sulfide) groups is 1. The van der Waals surface area contributed by atoms with Crippen LogP contribution in [0.25, 0.3) is 11.1 Å². The molecule has 0 aliphatic carbocycles. The third kappa shape index (κ3) is 4.35. The lowest BCUT2D eigenvalue weighted by Gasteiger charge is -1.99. The highest BCUT2D eigenvalue weighted by atomic mass is 35.5. The molecule has 2 aromatic heterocycles. The number of nitrogens with zero attached hydrogens (tertiary/aromatic N) is 2. The molecule has 0 saturated carbocycles. The van der Waals surface area contributed by atoms with Gasteiger partial charge in [-0.15, -0.1) is 0 Å². The van der Waals surface area contributed by atoms with Gasteiger partial charge in [-0.25, -0.2) is 14.8 Å². The maximum absolute atomic E-state index is 12.1. The number of fused-ring (bicyclic) bond motifs is 1. The molecule has 3 rings (SSSR count). The number of rotatable bonds is 6. The Morgan fingerprint density at radius 3 is 2.96 bits per heavy atom. The molecule has 2 heterocycles. The van der Waals surface area contributed by atoms with E-state index in [-0.39, 0.29) is 18.3 Å². The van der Waals surface area contributed by atoms with Crippen LogP contribution in [0.3, 0.4) is 0 Å². The zero-order valence-corrected chi connectivity index (χ0v) is 16.3. The summed E-state index contributed by atoms with van der Waals surface area (Å²) in [6.07, 6.45) is 0. The van der Waals surface area contributed by atoms with E-state index in [0.29, 0.717) is 37.0 Å². The fourth-order valence-electron chi connectivity index (χ4n) is 2.06. The zero-order valence-electron chi connectivity index (χ0n) is 13.9. The van der Waals surface area contributed by atoms with Crippen LogP contribution in [0.2, 0.25) is 5.02 Å². The molecule has 26 heavy (non-hydrogen) atoms. The van der Waals surface area contributed by atoms with Gasteiger partial charge in [-0.3, -0.25) is 4.79 Å². The van der Waals surface area contributed by atoms with E-state index in [1.165, 1.54) is 0 Å². The van der Waals surface area contributed by atoms with E-state index in [4.69, 9.17) is 20.8 Å². The molecule has 10 heteroatoms. The minimum atomic E-state index is -0.442. The Balaban J connectivity index is 1.60. The Kier molecular flexibility index (Phi) is 5.80. The first-order valence-corrected chi connectivity index (χ1v) is 9.77. The second kappa shape index (κ2) is 8.07. The lowest BCUT2D eigenvalue weighted by atomic mass is 10.3. The van der Waals surface area contributed by atoms with Crippen LogP contribution in [0.4, 0.5) is 5.13 Å². The fourth-order valence-corrected chi connectivity index (χ4v) is 3.74. The smallest absolute Gasteiger partial charge is 0.350 e. The molecule has 1 N–H and O–H groups in total. The van der Waals surface area contributed by atoms with Gasteiger partial charge in [0.25, 0.3) is 5.22 Å². The van der Waals surface area contributed by atoms with Crippen molar-refractivity contribution in [1.82, 2.24) is 9.97 Å². The van der Waals surface area contributed by atoms with Gasteiger partial charge in [0, 0.05) is 5.02 Å². The number of ether oxygens (including phenoxy) is 1. The Morgan fingerprint density at radius 1 is 1.38 bits per heavy atom. The molecule has 0 aliphatic rings. The summed E-state index contributed by atoms with van der Waals surface area (Å²) in [5.74, 6) is -0.629. The van der Waals surface area contributed by atoms with Crippen molar-refractivity contribution in [3.05, 3.63) is 33.8 Å². The minimum absolute atomic E-state index is 0.0912. The van der Waals surface area contributed by atoms with Crippen LogP contribution in [-0.2, 0) is 9.53 Å². The van der Waals surface area contributed by atoms with Crippen molar-refractivity contribution in [2.45, 2.75) is 19.1 Å². The van der Waals surface area contributed by atoms with E-state index in [1.807, 2.05) is 0 Å². The lowest BCUT2D eigenvalue weighted by molar-refractivity contribution is -0.113. The van der Waals surface area contributed by atoms with Crippen molar-refractivity contribution >= 4 is 62.8 Å². The zero-order chi connectivity index (χ0) is 18.7.